The Bertz CT molecular complexity index is 467. The number of hydrogen-bond acceptors (Lipinski definition) is 2. The number of aromatic nitrogens is 2. The average molecular weight is 271 g/mol. The lowest BCUT2D eigenvalue weighted by molar-refractivity contribution is -0.0366. The molecule has 1 aliphatic heterocycles. The lowest BCUT2D eigenvalue weighted by Gasteiger charge is -2.54. The molecule has 1 aromatic heterocycles. The van der Waals surface area contributed by atoms with Crippen LogP contribution in [0.1, 0.15) is 49.3 Å². The van der Waals surface area contributed by atoms with E-state index in [0.717, 1.165) is 49.1 Å². The van der Waals surface area contributed by atoms with Crippen molar-refractivity contribution in [3.8, 4) is 0 Å². The first kappa shape index (κ1) is 11.8. The molecule has 5 aliphatic rings. The summed E-state index contributed by atoms with van der Waals surface area (Å²) in [6.07, 6.45) is 9.99. The average Bonchev–Trinajstić information content (AvgIpc) is 2.84. The molecule has 108 valence electrons. The van der Waals surface area contributed by atoms with Gasteiger partial charge in [0.1, 0.15) is 5.82 Å². The fourth-order valence-electron chi connectivity index (χ4n) is 5.97. The van der Waals surface area contributed by atoms with Crippen molar-refractivity contribution in [3.63, 3.8) is 0 Å². The van der Waals surface area contributed by atoms with Gasteiger partial charge in [-0.05, 0) is 61.7 Å². The maximum atomic E-state index is 4.91. The monoisotopic (exact) mass is 271 g/mol. The molecule has 3 heteroatoms. The van der Waals surface area contributed by atoms with Gasteiger partial charge in [0.15, 0.2) is 0 Å². The van der Waals surface area contributed by atoms with Gasteiger partial charge in [-0.3, -0.25) is 0 Å². The van der Waals surface area contributed by atoms with E-state index in [1.165, 1.54) is 49.3 Å². The summed E-state index contributed by atoms with van der Waals surface area (Å²) >= 11 is 0. The summed E-state index contributed by atoms with van der Waals surface area (Å²) < 4.78 is 0. The molecular formula is C17H25N3. The van der Waals surface area contributed by atoms with Gasteiger partial charge in [0.05, 0.1) is 11.4 Å². The Morgan fingerprint density at radius 3 is 2.45 bits per heavy atom. The first-order valence-corrected chi connectivity index (χ1v) is 8.62. The van der Waals surface area contributed by atoms with Crippen LogP contribution in [0.15, 0.2) is 0 Å². The van der Waals surface area contributed by atoms with Crippen molar-refractivity contribution in [2.45, 2.75) is 51.5 Å². The number of aromatic amines is 1. The minimum atomic E-state index is 0.934. The molecule has 3 nitrogen and oxygen atoms in total. The van der Waals surface area contributed by atoms with Crippen molar-refractivity contribution in [1.82, 2.24) is 15.3 Å². The van der Waals surface area contributed by atoms with Gasteiger partial charge in [-0.1, -0.05) is 0 Å². The van der Waals surface area contributed by atoms with Crippen molar-refractivity contribution >= 4 is 0 Å². The van der Waals surface area contributed by atoms with Crippen LogP contribution in [-0.4, -0.2) is 16.5 Å². The summed E-state index contributed by atoms with van der Waals surface area (Å²) in [6.45, 7) is 2.08. The van der Waals surface area contributed by atoms with E-state index >= 15 is 0 Å². The number of rotatable bonds is 2. The van der Waals surface area contributed by atoms with Gasteiger partial charge in [0.25, 0.3) is 0 Å². The van der Waals surface area contributed by atoms with Crippen LogP contribution in [0.4, 0.5) is 0 Å². The third-order valence-corrected chi connectivity index (χ3v) is 6.60. The van der Waals surface area contributed by atoms with E-state index in [2.05, 4.69) is 10.3 Å². The highest BCUT2D eigenvalue weighted by atomic mass is 15.0. The summed E-state index contributed by atoms with van der Waals surface area (Å²) in [5.74, 6) is 6.43. The molecule has 0 amide bonds. The normalized spacial score (nSPS) is 41.9. The van der Waals surface area contributed by atoms with Crippen molar-refractivity contribution in [2.24, 2.45) is 29.6 Å². The van der Waals surface area contributed by atoms with Crippen LogP contribution >= 0.6 is 0 Å². The quantitative estimate of drug-likeness (QED) is 0.868. The molecule has 0 spiro atoms. The predicted octanol–water partition coefficient (Wildman–Crippen LogP) is 2.67. The van der Waals surface area contributed by atoms with E-state index in [-0.39, 0.29) is 0 Å². The molecule has 0 unspecified atom stereocenters. The molecule has 4 fully saturated rings. The highest BCUT2D eigenvalue weighted by Gasteiger charge is 2.48. The van der Waals surface area contributed by atoms with Gasteiger partial charge in [-0.2, -0.15) is 0 Å². The lowest BCUT2D eigenvalue weighted by Crippen LogP contribution is -2.45. The number of H-pyrrole nitrogens is 1. The molecule has 0 aromatic carbocycles. The van der Waals surface area contributed by atoms with Crippen molar-refractivity contribution in [2.75, 3.05) is 6.54 Å². The van der Waals surface area contributed by atoms with E-state index in [1.807, 2.05) is 0 Å². The molecule has 2 N–H and O–H groups in total. The van der Waals surface area contributed by atoms with Crippen molar-refractivity contribution in [3.05, 3.63) is 17.2 Å². The van der Waals surface area contributed by atoms with Crippen LogP contribution in [0.3, 0.4) is 0 Å². The van der Waals surface area contributed by atoms with Gasteiger partial charge in [-0.25, -0.2) is 4.98 Å². The standard InChI is InChI=1S/C17H25N3/c1-2-18-9-16-15(1)19-17(20-16)8-14-12-4-10-3-11(6-12)7-13(14)5-10/h10-14,18H,1-9H2,(H,19,20). The fourth-order valence-corrected chi connectivity index (χ4v) is 5.97. The number of fused-ring (bicyclic) bond motifs is 1. The third-order valence-electron chi connectivity index (χ3n) is 6.60. The Morgan fingerprint density at radius 2 is 1.75 bits per heavy atom. The first-order chi connectivity index (χ1) is 9.85. The van der Waals surface area contributed by atoms with E-state index in [4.69, 9.17) is 4.98 Å². The van der Waals surface area contributed by atoms with Crippen LogP contribution in [0.2, 0.25) is 0 Å². The Morgan fingerprint density at radius 1 is 1.00 bits per heavy atom. The molecule has 4 bridgehead atoms. The molecule has 0 radical (unpaired) electrons. The third kappa shape index (κ3) is 1.78. The number of hydrogen-bond donors (Lipinski definition) is 2. The van der Waals surface area contributed by atoms with Crippen LogP contribution < -0.4 is 5.32 Å². The Kier molecular flexibility index (Phi) is 2.55. The highest BCUT2D eigenvalue weighted by Crippen LogP contribution is 2.57. The SMILES string of the molecule is C1Cc2nc(CC3C4CC5CC(C4)CC3C5)[nH]c2CN1. The lowest BCUT2D eigenvalue weighted by atomic mass is 9.51. The Balaban J connectivity index is 1.37. The molecule has 0 saturated heterocycles. The summed E-state index contributed by atoms with van der Waals surface area (Å²) in [6, 6.07) is 0. The highest BCUT2D eigenvalue weighted by molar-refractivity contribution is 5.18. The Hall–Kier alpha value is -0.830. The van der Waals surface area contributed by atoms with Gasteiger partial charge >= 0.3 is 0 Å². The second-order valence-corrected chi connectivity index (χ2v) is 7.83. The van der Waals surface area contributed by atoms with Gasteiger partial charge in [-0.15, -0.1) is 0 Å². The van der Waals surface area contributed by atoms with E-state index in [1.54, 1.807) is 6.42 Å². The molecule has 4 aliphatic carbocycles. The maximum Gasteiger partial charge on any atom is 0.106 e. The zero-order valence-electron chi connectivity index (χ0n) is 12.2. The summed E-state index contributed by atoms with van der Waals surface area (Å²) in [5, 5.41) is 3.44. The molecule has 1 aromatic rings. The summed E-state index contributed by atoms with van der Waals surface area (Å²) in [7, 11) is 0. The fraction of sp³-hybridized carbons (Fsp3) is 0.824. The van der Waals surface area contributed by atoms with E-state index in [0.29, 0.717) is 0 Å². The minimum Gasteiger partial charge on any atom is -0.345 e. The van der Waals surface area contributed by atoms with Crippen molar-refractivity contribution in [1.29, 1.82) is 0 Å². The molecule has 2 heterocycles. The van der Waals surface area contributed by atoms with Gasteiger partial charge in [0, 0.05) is 25.9 Å². The number of imidazole rings is 1. The summed E-state index contributed by atoms with van der Waals surface area (Å²) in [5.41, 5.74) is 2.69. The van der Waals surface area contributed by atoms with Crippen LogP contribution in [0, 0.1) is 29.6 Å². The second kappa shape index (κ2) is 4.33. The van der Waals surface area contributed by atoms with Crippen LogP contribution in [0.5, 0.6) is 0 Å². The number of nitrogens with one attached hydrogen (secondary N) is 2. The Labute approximate surface area is 120 Å². The molecule has 6 rings (SSSR count). The largest absolute Gasteiger partial charge is 0.345 e. The zero-order valence-corrected chi connectivity index (χ0v) is 12.2. The van der Waals surface area contributed by atoms with Crippen LogP contribution in [-0.2, 0) is 19.4 Å². The minimum absolute atomic E-state index is 0.934. The predicted molar refractivity (Wildman–Crippen MR) is 78.2 cm³/mol. The molecular weight excluding hydrogens is 246 g/mol. The smallest absolute Gasteiger partial charge is 0.106 e. The molecule has 20 heavy (non-hydrogen) atoms. The topological polar surface area (TPSA) is 40.7 Å². The zero-order chi connectivity index (χ0) is 13.1. The van der Waals surface area contributed by atoms with E-state index < -0.39 is 0 Å². The molecule has 0 atom stereocenters. The van der Waals surface area contributed by atoms with Crippen molar-refractivity contribution < 1.29 is 0 Å². The van der Waals surface area contributed by atoms with Gasteiger partial charge < -0.3 is 10.3 Å². The summed E-state index contributed by atoms with van der Waals surface area (Å²) in [4.78, 5) is 8.53. The number of nitrogens with zero attached hydrogens (tertiary/aromatic N) is 1. The first-order valence-electron chi connectivity index (χ1n) is 8.62. The molecule has 4 saturated carbocycles. The van der Waals surface area contributed by atoms with Gasteiger partial charge in [0.2, 0.25) is 0 Å². The van der Waals surface area contributed by atoms with Crippen LogP contribution in [0.25, 0.3) is 0 Å². The maximum absolute atomic E-state index is 4.91. The van der Waals surface area contributed by atoms with E-state index in [9.17, 15) is 0 Å². The second-order valence-electron chi connectivity index (χ2n) is 7.83.